The molecule has 1 rings (SSSR count). The number of nitrogens with zero attached hydrogens (tertiary/aromatic N) is 2. The first-order valence-corrected chi connectivity index (χ1v) is 7.59. The number of hydrogen-bond acceptors (Lipinski definition) is 3. The third-order valence-corrected chi connectivity index (χ3v) is 3.53. The standard InChI is InChI=1S/C17H31N3/c1-14(2)13-20(10-9-19(4)5)17(12-18)16-8-6-7-15(3)11-16/h6-8,11,14,17H,9-10,12-13,18H2,1-5H3. The lowest BCUT2D eigenvalue weighted by Crippen LogP contribution is -2.40. The van der Waals surface area contributed by atoms with Gasteiger partial charge < -0.3 is 10.6 Å². The maximum absolute atomic E-state index is 6.08. The molecular formula is C17H31N3. The summed E-state index contributed by atoms with van der Waals surface area (Å²) in [4.78, 5) is 4.76. The number of likely N-dealkylation sites (N-methyl/N-ethyl adjacent to an activating group) is 1. The second-order valence-corrected chi connectivity index (χ2v) is 6.36. The number of aryl methyl sites for hydroxylation is 1. The lowest BCUT2D eigenvalue weighted by molar-refractivity contribution is 0.163. The zero-order valence-electron chi connectivity index (χ0n) is 13.8. The highest BCUT2D eigenvalue weighted by Crippen LogP contribution is 2.21. The number of nitrogens with two attached hydrogens (primary N) is 1. The third kappa shape index (κ3) is 5.61. The van der Waals surface area contributed by atoms with Gasteiger partial charge in [-0.25, -0.2) is 0 Å². The minimum absolute atomic E-state index is 0.317. The molecule has 3 heteroatoms. The molecule has 3 nitrogen and oxygen atoms in total. The van der Waals surface area contributed by atoms with Gasteiger partial charge in [0.1, 0.15) is 0 Å². The predicted octanol–water partition coefficient (Wildman–Crippen LogP) is 2.51. The van der Waals surface area contributed by atoms with Gasteiger partial charge in [-0.1, -0.05) is 43.7 Å². The van der Waals surface area contributed by atoms with Crippen LogP contribution in [0.25, 0.3) is 0 Å². The number of benzene rings is 1. The summed E-state index contributed by atoms with van der Waals surface area (Å²) in [5.41, 5.74) is 8.73. The van der Waals surface area contributed by atoms with Gasteiger partial charge in [0.25, 0.3) is 0 Å². The van der Waals surface area contributed by atoms with E-state index < -0.39 is 0 Å². The largest absolute Gasteiger partial charge is 0.329 e. The molecule has 0 aliphatic heterocycles. The summed E-state index contributed by atoms with van der Waals surface area (Å²) in [5.74, 6) is 0.649. The fourth-order valence-corrected chi connectivity index (χ4v) is 2.55. The topological polar surface area (TPSA) is 32.5 Å². The van der Waals surface area contributed by atoms with Crippen LogP contribution in [0.4, 0.5) is 0 Å². The molecule has 0 fully saturated rings. The van der Waals surface area contributed by atoms with E-state index in [-0.39, 0.29) is 0 Å². The fourth-order valence-electron chi connectivity index (χ4n) is 2.55. The Kier molecular flexibility index (Phi) is 7.20. The molecule has 0 radical (unpaired) electrons. The quantitative estimate of drug-likeness (QED) is 0.792. The Bertz CT molecular complexity index is 388. The summed E-state index contributed by atoms with van der Waals surface area (Å²) in [6.45, 7) is 10.6. The van der Waals surface area contributed by atoms with Crippen molar-refractivity contribution >= 4 is 0 Å². The SMILES string of the molecule is Cc1cccc(C(CN)N(CCN(C)C)CC(C)C)c1. The molecule has 2 N–H and O–H groups in total. The Morgan fingerprint density at radius 2 is 1.85 bits per heavy atom. The van der Waals surface area contributed by atoms with Crippen LogP contribution in [0, 0.1) is 12.8 Å². The Hall–Kier alpha value is -0.900. The highest BCUT2D eigenvalue weighted by molar-refractivity contribution is 5.25. The average Bonchev–Trinajstić information content (AvgIpc) is 2.36. The van der Waals surface area contributed by atoms with Gasteiger partial charge in [0.05, 0.1) is 0 Å². The van der Waals surface area contributed by atoms with E-state index in [2.05, 4.69) is 68.9 Å². The zero-order chi connectivity index (χ0) is 15.1. The molecule has 0 spiro atoms. The van der Waals surface area contributed by atoms with E-state index in [1.54, 1.807) is 0 Å². The van der Waals surface area contributed by atoms with Gasteiger partial charge >= 0.3 is 0 Å². The van der Waals surface area contributed by atoms with E-state index in [0.29, 0.717) is 18.5 Å². The Balaban J connectivity index is 2.88. The van der Waals surface area contributed by atoms with Crippen molar-refractivity contribution in [1.29, 1.82) is 0 Å². The van der Waals surface area contributed by atoms with Crippen molar-refractivity contribution in [3.63, 3.8) is 0 Å². The summed E-state index contributed by atoms with van der Waals surface area (Å²) >= 11 is 0. The van der Waals surface area contributed by atoms with Gasteiger partial charge in [-0.05, 0) is 32.5 Å². The molecule has 0 heterocycles. The van der Waals surface area contributed by atoms with Crippen LogP contribution >= 0.6 is 0 Å². The number of hydrogen-bond donors (Lipinski definition) is 1. The van der Waals surface area contributed by atoms with E-state index in [0.717, 1.165) is 19.6 Å². The lowest BCUT2D eigenvalue weighted by atomic mass is 10.0. The van der Waals surface area contributed by atoms with E-state index in [1.165, 1.54) is 11.1 Å². The molecule has 1 aromatic rings. The zero-order valence-corrected chi connectivity index (χ0v) is 13.8. The second-order valence-electron chi connectivity index (χ2n) is 6.36. The van der Waals surface area contributed by atoms with Crippen LogP contribution < -0.4 is 5.73 Å². The molecule has 0 saturated heterocycles. The summed E-state index contributed by atoms with van der Waals surface area (Å²) in [6, 6.07) is 9.06. The summed E-state index contributed by atoms with van der Waals surface area (Å²) in [6.07, 6.45) is 0. The van der Waals surface area contributed by atoms with Gasteiger partial charge in [-0.3, -0.25) is 4.90 Å². The van der Waals surface area contributed by atoms with Crippen molar-refractivity contribution < 1.29 is 0 Å². The first-order valence-electron chi connectivity index (χ1n) is 7.59. The van der Waals surface area contributed by atoms with E-state index >= 15 is 0 Å². The van der Waals surface area contributed by atoms with Crippen molar-refractivity contribution in [3.05, 3.63) is 35.4 Å². The van der Waals surface area contributed by atoms with Crippen LogP contribution in [0.3, 0.4) is 0 Å². The summed E-state index contributed by atoms with van der Waals surface area (Å²) in [7, 11) is 4.25. The van der Waals surface area contributed by atoms with E-state index in [9.17, 15) is 0 Å². The predicted molar refractivity (Wildman–Crippen MR) is 87.9 cm³/mol. The van der Waals surface area contributed by atoms with Gasteiger partial charge in [0.2, 0.25) is 0 Å². The maximum Gasteiger partial charge on any atom is 0.0471 e. The van der Waals surface area contributed by atoms with Crippen LogP contribution in [0.15, 0.2) is 24.3 Å². The molecule has 1 atom stereocenters. The molecule has 0 aliphatic carbocycles. The van der Waals surface area contributed by atoms with E-state index in [1.807, 2.05) is 0 Å². The third-order valence-electron chi connectivity index (χ3n) is 3.53. The first-order chi connectivity index (χ1) is 9.43. The Labute approximate surface area is 124 Å². The minimum Gasteiger partial charge on any atom is -0.329 e. The number of rotatable bonds is 8. The molecule has 1 aromatic carbocycles. The Morgan fingerprint density at radius 3 is 2.35 bits per heavy atom. The van der Waals surface area contributed by atoms with Crippen LogP contribution in [0.5, 0.6) is 0 Å². The van der Waals surface area contributed by atoms with Gasteiger partial charge in [-0.2, -0.15) is 0 Å². The fraction of sp³-hybridized carbons (Fsp3) is 0.647. The average molecular weight is 277 g/mol. The Morgan fingerprint density at radius 1 is 1.15 bits per heavy atom. The van der Waals surface area contributed by atoms with Gasteiger partial charge in [0.15, 0.2) is 0 Å². The first kappa shape index (κ1) is 17.2. The second kappa shape index (κ2) is 8.40. The molecule has 0 aliphatic rings. The summed E-state index contributed by atoms with van der Waals surface area (Å²) in [5, 5.41) is 0. The molecular weight excluding hydrogens is 246 g/mol. The minimum atomic E-state index is 0.317. The molecule has 114 valence electrons. The lowest BCUT2D eigenvalue weighted by Gasteiger charge is -2.33. The highest BCUT2D eigenvalue weighted by Gasteiger charge is 2.20. The van der Waals surface area contributed by atoms with Gasteiger partial charge in [0, 0.05) is 32.2 Å². The highest BCUT2D eigenvalue weighted by atomic mass is 15.2. The molecule has 0 saturated carbocycles. The smallest absolute Gasteiger partial charge is 0.0471 e. The monoisotopic (exact) mass is 277 g/mol. The maximum atomic E-state index is 6.08. The molecule has 0 amide bonds. The van der Waals surface area contributed by atoms with Crippen LogP contribution in [0.2, 0.25) is 0 Å². The molecule has 1 unspecified atom stereocenters. The van der Waals surface area contributed by atoms with Crippen molar-refractivity contribution in [3.8, 4) is 0 Å². The van der Waals surface area contributed by atoms with Crippen molar-refractivity contribution in [2.24, 2.45) is 11.7 Å². The van der Waals surface area contributed by atoms with Gasteiger partial charge in [-0.15, -0.1) is 0 Å². The molecule has 0 bridgehead atoms. The molecule has 0 aromatic heterocycles. The molecule has 20 heavy (non-hydrogen) atoms. The van der Waals surface area contributed by atoms with Crippen LogP contribution in [-0.4, -0.2) is 50.1 Å². The summed E-state index contributed by atoms with van der Waals surface area (Å²) < 4.78 is 0. The van der Waals surface area contributed by atoms with Crippen molar-refractivity contribution in [2.75, 3.05) is 40.3 Å². The van der Waals surface area contributed by atoms with Crippen LogP contribution in [-0.2, 0) is 0 Å². The normalized spacial score (nSPS) is 13.4. The van der Waals surface area contributed by atoms with E-state index in [4.69, 9.17) is 5.73 Å². The van der Waals surface area contributed by atoms with Crippen LogP contribution in [0.1, 0.15) is 31.0 Å². The van der Waals surface area contributed by atoms with Crippen molar-refractivity contribution in [1.82, 2.24) is 9.80 Å². The van der Waals surface area contributed by atoms with Crippen molar-refractivity contribution in [2.45, 2.75) is 26.8 Å².